The Bertz CT molecular complexity index is 132. The van der Waals surface area contributed by atoms with E-state index < -0.39 is 0 Å². The second-order valence-corrected chi connectivity index (χ2v) is 3.19. The van der Waals surface area contributed by atoms with Crippen LogP contribution in [0.1, 0.15) is 40.5 Å². The molecule has 0 N–H and O–H groups in total. The molecule has 0 aromatic heterocycles. The number of hydrogen-bond acceptors (Lipinski definition) is 1. The summed E-state index contributed by atoms with van der Waals surface area (Å²) in [6, 6.07) is 2.34. The van der Waals surface area contributed by atoms with Crippen LogP contribution in [0.25, 0.3) is 0 Å². The zero-order chi connectivity index (χ0) is 8.20. The van der Waals surface area contributed by atoms with Gasteiger partial charge in [0.25, 0.3) is 0 Å². The van der Waals surface area contributed by atoms with E-state index in [1.165, 1.54) is 5.92 Å². The molecule has 0 aromatic rings. The first kappa shape index (κ1) is 9.49. The van der Waals surface area contributed by atoms with E-state index in [0.29, 0.717) is 0 Å². The van der Waals surface area contributed by atoms with Crippen LogP contribution < -0.4 is 0 Å². The highest BCUT2D eigenvalue weighted by Crippen LogP contribution is 2.32. The summed E-state index contributed by atoms with van der Waals surface area (Å²) in [7, 11) is 0. The summed E-state index contributed by atoms with van der Waals surface area (Å²) >= 11 is 0. The summed E-state index contributed by atoms with van der Waals surface area (Å²) < 4.78 is 0. The molecule has 0 radical (unpaired) electrons. The van der Waals surface area contributed by atoms with Crippen molar-refractivity contribution >= 4 is 0 Å². The standard InChI is InChI=1S/C9H16N/c1-5-6-9(4,7-10)8(2)3/h5-6H2,1-4H3/q-1. The van der Waals surface area contributed by atoms with Gasteiger partial charge in [0.15, 0.2) is 0 Å². The van der Waals surface area contributed by atoms with Gasteiger partial charge in [-0.2, -0.15) is 13.8 Å². The predicted octanol–water partition coefficient (Wildman–Crippen LogP) is 2.93. The normalized spacial score (nSPS) is 16.4. The molecule has 0 aromatic carbocycles. The molecular weight excluding hydrogens is 122 g/mol. The summed E-state index contributed by atoms with van der Waals surface area (Å²) in [6.45, 7) is 8.17. The van der Waals surface area contributed by atoms with Gasteiger partial charge in [0.05, 0.1) is 0 Å². The third-order valence-electron chi connectivity index (χ3n) is 2.10. The van der Waals surface area contributed by atoms with Crippen molar-refractivity contribution in [3.8, 4) is 6.07 Å². The average molecular weight is 138 g/mol. The van der Waals surface area contributed by atoms with E-state index in [-0.39, 0.29) is 5.41 Å². The molecule has 0 heterocycles. The van der Waals surface area contributed by atoms with Crippen molar-refractivity contribution in [2.75, 3.05) is 0 Å². The first-order valence-electron chi connectivity index (χ1n) is 3.78. The fraction of sp³-hybridized carbons (Fsp3) is 0.778. The van der Waals surface area contributed by atoms with E-state index >= 15 is 0 Å². The highest BCUT2D eigenvalue weighted by Gasteiger charge is 2.14. The minimum atomic E-state index is -0.186. The largest absolute Gasteiger partial charge is 0.300 e. The molecule has 1 heteroatoms. The lowest BCUT2D eigenvalue weighted by molar-refractivity contribution is 0.421. The van der Waals surface area contributed by atoms with E-state index in [4.69, 9.17) is 5.26 Å². The third-order valence-corrected chi connectivity index (χ3v) is 2.10. The van der Waals surface area contributed by atoms with Gasteiger partial charge in [0.1, 0.15) is 0 Å². The molecule has 58 valence electrons. The topological polar surface area (TPSA) is 23.8 Å². The minimum absolute atomic E-state index is 0.186. The molecule has 0 bridgehead atoms. The van der Waals surface area contributed by atoms with Crippen LogP contribution in [0.2, 0.25) is 0 Å². The quantitative estimate of drug-likeness (QED) is 0.550. The van der Waals surface area contributed by atoms with Crippen LogP contribution in [0, 0.1) is 22.7 Å². The number of nitrogens with zero attached hydrogens (tertiary/aromatic N) is 1. The molecule has 0 fully saturated rings. The van der Waals surface area contributed by atoms with Crippen molar-refractivity contribution in [2.45, 2.75) is 40.5 Å². The Balaban J connectivity index is 4.12. The van der Waals surface area contributed by atoms with Crippen LogP contribution in [0.15, 0.2) is 0 Å². The molecule has 0 spiro atoms. The van der Waals surface area contributed by atoms with Gasteiger partial charge in [-0.3, -0.25) is 0 Å². The Kier molecular flexibility index (Phi) is 3.42. The summed E-state index contributed by atoms with van der Waals surface area (Å²) in [5.74, 6) is 1.22. The molecule has 0 aliphatic rings. The van der Waals surface area contributed by atoms with Crippen molar-refractivity contribution in [2.24, 2.45) is 5.41 Å². The van der Waals surface area contributed by atoms with Crippen molar-refractivity contribution in [3.63, 3.8) is 0 Å². The van der Waals surface area contributed by atoms with Crippen molar-refractivity contribution in [3.05, 3.63) is 5.92 Å². The van der Waals surface area contributed by atoms with E-state index in [1.807, 2.05) is 20.8 Å². The molecular formula is C9H16N-. The van der Waals surface area contributed by atoms with Crippen molar-refractivity contribution < 1.29 is 0 Å². The predicted molar refractivity (Wildman–Crippen MR) is 43.2 cm³/mol. The SMILES string of the molecule is CCCC(C)(C#N)[C-](C)C. The van der Waals surface area contributed by atoms with Crippen LogP contribution in [0.5, 0.6) is 0 Å². The van der Waals surface area contributed by atoms with Crippen LogP contribution in [-0.4, -0.2) is 0 Å². The molecule has 1 unspecified atom stereocenters. The molecule has 10 heavy (non-hydrogen) atoms. The first-order chi connectivity index (χ1) is 4.56. The lowest BCUT2D eigenvalue weighted by atomic mass is 9.77. The second kappa shape index (κ2) is 3.61. The first-order valence-corrected chi connectivity index (χ1v) is 3.78. The van der Waals surface area contributed by atoms with Crippen LogP contribution in [-0.2, 0) is 0 Å². The number of hydrogen-bond donors (Lipinski definition) is 0. The van der Waals surface area contributed by atoms with Crippen molar-refractivity contribution in [1.29, 1.82) is 5.26 Å². The summed E-state index contributed by atoms with van der Waals surface area (Å²) in [5.41, 5.74) is -0.186. The maximum absolute atomic E-state index is 8.82. The summed E-state index contributed by atoms with van der Waals surface area (Å²) in [5, 5.41) is 8.82. The second-order valence-electron chi connectivity index (χ2n) is 3.19. The van der Waals surface area contributed by atoms with Gasteiger partial charge >= 0.3 is 0 Å². The Morgan fingerprint density at radius 2 is 2.00 bits per heavy atom. The molecule has 0 saturated carbocycles. The molecule has 0 amide bonds. The highest BCUT2D eigenvalue weighted by molar-refractivity contribution is 5.10. The Labute approximate surface area is 64.1 Å². The molecule has 1 nitrogen and oxygen atoms in total. The smallest absolute Gasteiger partial charge is 0.0359 e. The zero-order valence-electron chi connectivity index (χ0n) is 7.36. The molecule has 1 atom stereocenters. The van der Waals surface area contributed by atoms with Gasteiger partial charge in [-0.1, -0.05) is 32.1 Å². The number of rotatable bonds is 3. The number of nitriles is 1. The van der Waals surface area contributed by atoms with Crippen LogP contribution in [0.3, 0.4) is 0 Å². The fourth-order valence-electron chi connectivity index (χ4n) is 0.918. The maximum atomic E-state index is 8.82. The Morgan fingerprint density at radius 3 is 2.10 bits per heavy atom. The maximum Gasteiger partial charge on any atom is 0.0359 e. The minimum Gasteiger partial charge on any atom is -0.300 e. The lowest BCUT2D eigenvalue weighted by Crippen LogP contribution is -2.18. The van der Waals surface area contributed by atoms with Crippen LogP contribution >= 0.6 is 0 Å². The highest BCUT2D eigenvalue weighted by atomic mass is 14.4. The molecule has 0 aliphatic heterocycles. The summed E-state index contributed by atoms with van der Waals surface area (Å²) in [6.07, 6.45) is 2.06. The average Bonchev–Trinajstić information content (AvgIpc) is 1.88. The fourth-order valence-corrected chi connectivity index (χ4v) is 0.918. The van der Waals surface area contributed by atoms with Gasteiger partial charge in [0, 0.05) is 6.07 Å². The molecule has 0 saturated heterocycles. The summed E-state index contributed by atoms with van der Waals surface area (Å²) in [4.78, 5) is 0. The van der Waals surface area contributed by atoms with E-state index in [9.17, 15) is 0 Å². The lowest BCUT2D eigenvalue weighted by Gasteiger charge is -2.37. The van der Waals surface area contributed by atoms with Gasteiger partial charge in [0.2, 0.25) is 0 Å². The van der Waals surface area contributed by atoms with E-state index in [2.05, 4.69) is 13.0 Å². The van der Waals surface area contributed by atoms with Crippen LogP contribution in [0.4, 0.5) is 0 Å². The molecule has 0 rings (SSSR count). The van der Waals surface area contributed by atoms with E-state index in [0.717, 1.165) is 12.8 Å². The van der Waals surface area contributed by atoms with Gasteiger partial charge in [-0.05, 0) is 0 Å². The molecule has 0 aliphatic carbocycles. The van der Waals surface area contributed by atoms with Crippen molar-refractivity contribution in [1.82, 2.24) is 0 Å². The van der Waals surface area contributed by atoms with Gasteiger partial charge < -0.3 is 5.92 Å². The monoisotopic (exact) mass is 138 g/mol. The Morgan fingerprint density at radius 1 is 1.50 bits per heavy atom. The van der Waals surface area contributed by atoms with Gasteiger partial charge in [-0.15, -0.1) is 0 Å². The van der Waals surface area contributed by atoms with E-state index in [1.54, 1.807) is 0 Å². The zero-order valence-corrected chi connectivity index (χ0v) is 7.36. The van der Waals surface area contributed by atoms with Gasteiger partial charge in [-0.25, -0.2) is 5.26 Å². The Hall–Kier alpha value is -0.510. The third kappa shape index (κ3) is 2.02.